The van der Waals surface area contributed by atoms with E-state index in [1.807, 2.05) is 30.3 Å². The number of carbonyl (C=O) groups is 3. The Hall–Kier alpha value is -2.89. The Morgan fingerprint density at radius 1 is 1.00 bits per heavy atom. The van der Waals surface area contributed by atoms with Crippen LogP contribution in [-0.2, 0) is 19.1 Å². The summed E-state index contributed by atoms with van der Waals surface area (Å²) in [4.78, 5) is 35.7. The minimum absolute atomic E-state index is 0.00604. The van der Waals surface area contributed by atoms with Crippen LogP contribution in [0, 0.1) is 0 Å². The molecule has 2 rings (SSSR count). The Bertz CT molecular complexity index is 751. The Labute approximate surface area is 139 Å². The summed E-state index contributed by atoms with van der Waals surface area (Å²) in [6.45, 7) is 0. The van der Waals surface area contributed by atoms with Crippen molar-refractivity contribution in [2.24, 2.45) is 0 Å². The van der Waals surface area contributed by atoms with Crippen molar-refractivity contribution in [2.75, 3.05) is 14.2 Å². The van der Waals surface area contributed by atoms with Gasteiger partial charge in [-0.3, -0.25) is 9.59 Å². The number of esters is 2. The van der Waals surface area contributed by atoms with E-state index in [1.165, 1.54) is 14.2 Å². The molecule has 0 saturated heterocycles. The van der Waals surface area contributed by atoms with Gasteiger partial charge in [0.15, 0.2) is 0 Å². The van der Waals surface area contributed by atoms with Gasteiger partial charge in [0, 0.05) is 12.0 Å². The van der Waals surface area contributed by atoms with Crippen LogP contribution in [0.15, 0.2) is 42.5 Å². The largest absolute Gasteiger partial charge is 0.469 e. The van der Waals surface area contributed by atoms with Gasteiger partial charge in [0.05, 0.1) is 14.2 Å². The number of amides is 1. The molecule has 2 aromatic rings. The number of benzene rings is 2. The van der Waals surface area contributed by atoms with Crippen molar-refractivity contribution in [2.45, 2.75) is 18.9 Å². The second kappa shape index (κ2) is 8.10. The molecule has 1 atom stereocenters. The molecule has 1 amide bonds. The highest BCUT2D eigenvalue weighted by Gasteiger charge is 2.23. The summed E-state index contributed by atoms with van der Waals surface area (Å²) in [6, 6.07) is 11.9. The van der Waals surface area contributed by atoms with E-state index in [9.17, 15) is 14.4 Å². The summed E-state index contributed by atoms with van der Waals surface area (Å²) in [6.07, 6.45) is 0.113. The molecule has 24 heavy (non-hydrogen) atoms. The van der Waals surface area contributed by atoms with Crippen LogP contribution in [0.1, 0.15) is 23.2 Å². The summed E-state index contributed by atoms with van der Waals surface area (Å²) in [5.41, 5.74) is 0.458. The topological polar surface area (TPSA) is 81.7 Å². The standard InChI is InChI=1S/C18H19NO5/c1-23-16(20)11-10-15(18(22)24-2)19-17(21)14-9-5-7-12-6-3-4-8-13(12)14/h3-9,15H,10-11H2,1-2H3,(H,19,21)/t15-/m0/s1. The summed E-state index contributed by atoms with van der Waals surface area (Å²) in [5, 5.41) is 4.35. The van der Waals surface area contributed by atoms with Crippen LogP contribution < -0.4 is 5.32 Å². The van der Waals surface area contributed by atoms with Gasteiger partial charge in [0.1, 0.15) is 6.04 Å². The first-order valence-electron chi connectivity index (χ1n) is 7.50. The smallest absolute Gasteiger partial charge is 0.328 e. The maximum atomic E-state index is 12.6. The second-order valence-corrected chi connectivity index (χ2v) is 5.19. The average molecular weight is 329 g/mol. The quantitative estimate of drug-likeness (QED) is 0.821. The zero-order valence-corrected chi connectivity index (χ0v) is 13.6. The van der Waals surface area contributed by atoms with Crippen LogP contribution in [0.4, 0.5) is 0 Å². The van der Waals surface area contributed by atoms with Crippen molar-refractivity contribution in [3.05, 3.63) is 48.0 Å². The van der Waals surface area contributed by atoms with Crippen molar-refractivity contribution in [3.8, 4) is 0 Å². The molecule has 6 nitrogen and oxygen atoms in total. The first kappa shape index (κ1) is 17.5. The fourth-order valence-corrected chi connectivity index (χ4v) is 2.41. The molecule has 0 heterocycles. The average Bonchev–Trinajstić information content (AvgIpc) is 2.63. The Morgan fingerprint density at radius 2 is 1.71 bits per heavy atom. The van der Waals surface area contributed by atoms with E-state index in [1.54, 1.807) is 12.1 Å². The van der Waals surface area contributed by atoms with Crippen molar-refractivity contribution in [1.82, 2.24) is 5.32 Å². The van der Waals surface area contributed by atoms with Crippen molar-refractivity contribution in [1.29, 1.82) is 0 Å². The van der Waals surface area contributed by atoms with E-state index in [0.29, 0.717) is 5.56 Å². The molecule has 0 bridgehead atoms. The highest BCUT2D eigenvalue weighted by Crippen LogP contribution is 2.18. The third kappa shape index (κ3) is 4.10. The first-order chi connectivity index (χ1) is 11.6. The van der Waals surface area contributed by atoms with Gasteiger partial charge in [-0.05, 0) is 23.3 Å². The lowest BCUT2D eigenvalue weighted by atomic mass is 10.0. The lowest BCUT2D eigenvalue weighted by Gasteiger charge is -2.16. The van der Waals surface area contributed by atoms with Crippen LogP contribution >= 0.6 is 0 Å². The maximum Gasteiger partial charge on any atom is 0.328 e. The maximum absolute atomic E-state index is 12.6. The van der Waals surface area contributed by atoms with E-state index in [-0.39, 0.29) is 12.8 Å². The second-order valence-electron chi connectivity index (χ2n) is 5.19. The highest BCUT2D eigenvalue weighted by molar-refractivity contribution is 6.08. The molecule has 2 aromatic carbocycles. The molecule has 0 aliphatic rings. The zero-order valence-electron chi connectivity index (χ0n) is 13.6. The van der Waals surface area contributed by atoms with Gasteiger partial charge in [-0.2, -0.15) is 0 Å². The van der Waals surface area contributed by atoms with Gasteiger partial charge in [0.2, 0.25) is 0 Å². The molecule has 0 aliphatic heterocycles. The number of methoxy groups -OCH3 is 2. The number of ether oxygens (including phenoxy) is 2. The van der Waals surface area contributed by atoms with Gasteiger partial charge < -0.3 is 14.8 Å². The predicted molar refractivity (Wildman–Crippen MR) is 88.5 cm³/mol. The van der Waals surface area contributed by atoms with Crippen LogP contribution in [-0.4, -0.2) is 38.1 Å². The molecular weight excluding hydrogens is 310 g/mol. The summed E-state index contributed by atoms with van der Waals surface area (Å²) >= 11 is 0. The highest BCUT2D eigenvalue weighted by atomic mass is 16.5. The molecule has 0 radical (unpaired) electrons. The van der Waals surface area contributed by atoms with Gasteiger partial charge in [0.25, 0.3) is 5.91 Å². The molecular formula is C18H19NO5. The molecule has 126 valence electrons. The van der Waals surface area contributed by atoms with Crippen LogP contribution in [0.5, 0.6) is 0 Å². The van der Waals surface area contributed by atoms with E-state index in [0.717, 1.165) is 10.8 Å². The lowest BCUT2D eigenvalue weighted by molar-refractivity contribution is -0.144. The van der Waals surface area contributed by atoms with Gasteiger partial charge in [-0.25, -0.2) is 4.79 Å². The predicted octanol–water partition coefficient (Wildman–Crippen LogP) is 2.06. The normalized spacial score (nSPS) is 11.6. The Kier molecular flexibility index (Phi) is 5.89. The molecule has 0 aliphatic carbocycles. The third-order valence-corrected chi connectivity index (χ3v) is 3.69. The van der Waals surface area contributed by atoms with Crippen LogP contribution in [0.25, 0.3) is 10.8 Å². The number of rotatable bonds is 6. The fraction of sp³-hybridized carbons (Fsp3) is 0.278. The van der Waals surface area contributed by atoms with Crippen LogP contribution in [0.2, 0.25) is 0 Å². The molecule has 0 spiro atoms. The van der Waals surface area contributed by atoms with Crippen LogP contribution in [0.3, 0.4) is 0 Å². The van der Waals surface area contributed by atoms with Gasteiger partial charge in [-0.15, -0.1) is 0 Å². The van der Waals surface area contributed by atoms with Crippen molar-refractivity contribution >= 4 is 28.6 Å². The number of fused-ring (bicyclic) bond motifs is 1. The Morgan fingerprint density at radius 3 is 2.42 bits per heavy atom. The number of nitrogens with one attached hydrogen (secondary N) is 1. The minimum atomic E-state index is -0.916. The molecule has 0 saturated carbocycles. The van der Waals surface area contributed by atoms with Gasteiger partial charge in [-0.1, -0.05) is 36.4 Å². The third-order valence-electron chi connectivity index (χ3n) is 3.69. The number of carbonyl (C=O) groups excluding carboxylic acids is 3. The summed E-state index contributed by atoms with van der Waals surface area (Å²) in [7, 11) is 2.50. The molecule has 1 N–H and O–H groups in total. The molecule has 0 aromatic heterocycles. The molecule has 0 fully saturated rings. The first-order valence-corrected chi connectivity index (χ1v) is 7.50. The Balaban J connectivity index is 2.19. The summed E-state index contributed by atoms with van der Waals surface area (Å²) in [5.74, 6) is -1.46. The van der Waals surface area contributed by atoms with Crippen molar-refractivity contribution < 1.29 is 23.9 Å². The van der Waals surface area contributed by atoms with E-state index < -0.39 is 23.9 Å². The number of hydrogen-bond acceptors (Lipinski definition) is 5. The SMILES string of the molecule is COC(=O)CC[C@H](NC(=O)c1cccc2ccccc12)C(=O)OC. The number of hydrogen-bond donors (Lipinski definition) is 1. The van der Waals surface area contributed by atoms with E-state index in [4.69, 9.17) is 4.74 Å². The monoisotopic (exact) mass is 329 g/mol. The van der Waals surface area contributed by atoms with Crippen molar-refractivity contribution in [3.63, 3.8) is 0 Å². The van der Waals surface area contributed by atoms with Gasteiger partial charge >= 0.3 is 11.9 Å². The molecule has 6 heteroatoms. The van der Waals surface area contributed by atoms with E-state index >= 15 is 0 Å². The molecule has 0 unspecified atom stereocenters. The fourth-order valence-electron chi connectivity index (χ4n) is 2.41. The summed E-state index contributed by atoms with van der Waals surface area (Å²) < 4.78 is 9.25. The zero-order chi connectivity index (χ0) is 17.5. The lowest BCUT2D eigenvalue weighted by Crippen LogP contribution is -2.42. The minimum Gasteiger partial charge on any atom is -0.469 e. The van der Waals surface area contributed by atoms with E-state index in [2.05, 4.69) is 10.1 Å².